The van der Waals surface area contributed by atoms with E-state index in [4.69, 9.17) is 5.26 Å². The number of rotatable bonds is 3. The number of allylic oxidation sites excluding steroid dienone is 1. The van der Waals surface area contributed by atoms with Crippen molar-refractivity contribution in [1.29, 1.82) is 10.5 Å². The van der Waals surface area contributed by atoms with Crippen LogP contribution in [-0.4, -0.2) is 4.57 Å². The topological polar surface area (TPSA) is 52.5 Å². The van der Waals surface area contributed by atoms with E-state index in [1.54, 1.807) is 0 Å². The number of hydrogen-bond acceptors (Lipinski definition) is 2. The van der Waals surface area contributed by atoms with Gasteiger partial charge in [-0.05, 0) is 24.6 Å². The van der Waals surface area contributed by atoms with Crippen molar-refractivity contribution in [3.05, 3.63) is 71.4 Å². The van der Waals surface area contributed by atoms with E-state index < -0.39 is 0 Å². The van der Waals surface area contributed by atoms with Crippen molar-refractivity contribution in [1.82, 2.24) is 4.57 Å². The third kappa shape index (κ3) is 2.86. The number of aryl methyl sites for hydroxylation is 1. The molecule has 0 aliphatic heterocycles. The smallest absolute Gasteiger partial charge is 0.110 e. The molecule has 2 aromatic carbocycles. The Hall–Kier alpha value is -3.30. The van der Waals surface area contributed by atoms with Gasteiger partial charge in [-0.3, -0.25) is 0 Å². The summed E-state index contributed by atoms with van der Waals surface area (Å²) in [7, 11) is 0. The molecule has 0 unspecified atom stereocenters. The Morgan fingerprint density at radius 2 is 1.83 bits per heavy atom. The summed E-state index contributed by atoms with van der Waals surface area (Å²) >= 11 is 0. The summed E-state index contributed by atoms with van der Waals surface area (Å²) in [4.78, 5) is 0. The van der Waals surface area contributed by atoms with E-state index in [1.165, 1.54) is 0 Å². The Balaban J connectivity index is 2.14. The van der Waals surface area contributed by atoms with Crippen LogP contribution in [0, 0.1) is 29.6 Å². The Morgan fingerprint density at radius 3 is 2.52 bits per heavy atom. The lowest BCUT2D eigenvalue weighted by molar-refractivity contribution is 0.873. The van der Waals surface area contributed by atoms with Gasteiger partial charge in [0, 0.05) is 22.7 Å². The second kappa shape index (κ2) is 6.22. The van der Waals surface area contributed by atoms with Crippen molar-refractivity contribution in [3.8, 4) is 12.1 Å². The molecular formula is C20H15N3. The fourth-order valence-electron chi connectivity index (χ4n) is 2.67. The standard InChI is InChI=1S/C20H15N3/c1-15-6-8-16(9-7-15)17(13-22)12-18-14-23(11-10-21)20-5-3-2-4-19(18)20/h2-9,12,14H,11H2,1H3/b17-12-. The summed E-state index contributed by atoms with van der Waals surface area (Å²) in [5.41, 5.74) is 4.63. The highest BCUT2D eigenvalue weighted by Crippen LogP contribution is 2.26. The minimum Gasteiger partial charge on any atom is -0.333 e. The van der Waals surface area contributed by atoms with Gasteiger partial charge in [-0.25, -0.2) is 0 Å². The predicted molar refractivity (Wildman–Crippen MR) is 92.2 cm³/mol. The lowest BCUT2D eigenvalue weighted by atomic mass is 10.0. The van der Waals surface area contributed by atoms with Gasteiger partial charge < -0.3 is 4.57 Å². The molecule has 3 rings (SSSR count). The minimum absolute atomic E-state index is 0.292. The zero-order valence-electron chi connectivity index (χ0n) is 12.8. The van der Waals surface area contributed by atoms with Gasteiger partial charge in [0.1, 0.15) is 6.54 Å². The average molecular weight is 297 g/mol. The first-order chi connectivity index (χ1) is 11.2. The van der Waals surface area contributed by atoms with Crippen LogP contribution in [0.1, 0.15) is 16.7 Å². The van der Waals surface area contributed by atoms with Crippen molar-refractivity contribution in [2.75, 3.05) is 0 Å². The number of nitriles is 2. The average Bonchev–Trinajstić information content (AvgIpc) is 2.92. The monoisotopic (exact) mass is 297 g/mol. The van der Waals surface area contributed by atoms with E-state index in [2.05, 4.69) is 12.1 Å². The van der Waals surface area contributed by atoms with Crippen molar-refractivity contribution in [2.45, 2.75) is 13.5 Å². The highest BCUT2D eigenvalue weighted by Gasteiger charge is 2.08. The highest BCUT2D eigenvalue weighted by atomic mass is 15.0. The Bertz CT molecular complexity index is 961. The molecule has 23 heavy (non-hydrogen) atoms. The van der Waals surface area contributed by atoms with Gasteiger partial charge in [-0.2, -0.15) is 10.5 Å². The quantitative estimate of drug-likeness (QED) is 0.666. The van der Waals surface area contributed by atoms with Crippen LogP contribution in [0.25, 0.3) is 22.6 Å². The summed E-state index contributed by atoms with van der Waals surface area (Å²) in [6.07, 6.45) is 3.82. The van der Waals surface area contributed by atoms with E-state index in [9.17, 15) is 5.26 Å². The molecule has 0 aliphatic carbocycles. The molecule has 3 nitrogen and oxygen atoms in total. The Morgan fingerprint density at radius 1 is 1.09 bits per heavy atom. The lowest BCUT2D eigenvalue weighted by Gasteiger charge is -2.00. The van der Waals surface area contributed by atoms with Crippen LogP contribution in [0.15, 0.2) is 54.7 Å². The number of nitrogens with zero attached hydrogens (tertiary/aromatic N) is 3. The molecule has 3 heteroatoms. The van der Waals surface area contributed by atoms with Crippen LogP contribution < -0.4 is 0 Å². The van der Waals surface area contributed by atoms with Crippen LogP contribution >= 0.6 is 0 Å². The minimum atomic E-state index is 0.292. The fourth-order valence-corrected chi connectivity index (χ4v) is 2.67. The predicted octanol–water partition coefficient (Wildman–Crippen LogP) is 4.54. The summed E-state index contributed by atoms with van der Waals surface area (Å²) < 4.78 is 1.91. The molecule has 0 atom stereocenters. The first-order valence-corrected chi connectivity index (χ1v) is 7.36. The molecule has 3 aromatic rings. The lowest BCUT2D eigenvalue weighted by Crippen LogP contribution is -1.91. The summed E-state index contributed by atoms with van der Waals surface area (Å²) in [6.45, 7) is 2.32. The molecule has 1 heterocycles. The maximum Gasteiger partial charge on any atom is 0.110 e. The van der Waals surface area contributed by atoms with Crippen LogP contribution in [0.2, 0.25) is 0 Å². The molecule has 0 N–H and O–H groups in total. The SMILES string of the molecule is Cc1ccc(/C(C#N)=C\c2cn(CC#N)c3ccccc23)cc1. The summed E-state index contributed by atoms with van der Waals surface area (Å²) in [6, 6.07) is 20.3. The van der Waals surface area contributed by atoms with E-state index in [-0.39, 0.29) is 0 Å². The van der Waals surface area contributed by atoms with Crippen LogP contribution in [0.5, 0.6) is 0 Å². The number of fused-ring (bicyclic) bond motifs is 1. The van der Waals surface area contributed by atoms with Crippen LogP contribution in [0.4, 0.5) is 0 Å². The van der Waals surface area contributed by atoms with Gasteiger partial charge in [0.25, 0.3) is 0 Å². The zero-order chi connectivity index (χ0) is 16.2. The first kappa shape index (κ1) is 14.6. The largest absolute Gasteiger partial charge is 0.333 e. The van der Waals surface area contributed by atoms with E-state index in [1.807, 2.05) is 72.3 Å². The number of benzene rings is 2. The van der Waals surface area contributed by atoms with Gasteiger partial charge in [-0.15, -0.1) is 0 Å². The molecule has 0 saturated heterocycles. The van der Waals surface area contributed by atoms with Gasteiger partial charge >= 0.3 is 0 Å². The van der Waals surface area contributed by atoms with Crippen LogP contribution in [0.3, 0.4) is 0 Å². The summed E-state index contributed by atoms with van der Waals surface area (Å²) in [5.74, 6) is 0. The van der Waals surface area contributed by atoms with Crippen molar-refractivity contribution in [3.63, 3.8) is 0 Å². The molecule has 0 radical (unpaired) electrons. The van der Waals surface area contributed by atoms with E-state index in [0.29, 0.717) is 12.1 Å². The van der Waals surface area contributed by atoms with Gasteiger partial charge in [0.05, 0.1) is 17.7 Å². The molecule has 0 bridgehead atoms. The zero-order valence-corrected chi connectivity index (χ0v) is 12.8. The van der Waals surface area contributed by atoms with Gasteiger partial charge in [0.15, 0.2) is 0 Å². The van der Waals surface area contributed by atoms with Gasteiger partial charge in [0.2, 0.25) is 0 Å². The molecule has 1 aromatic heterocycles. The molecule has 0 aliphatic rings. The molecule has 0 fully saturated rings. The molecule has 110 valence electrons. The molecular weight excluding hydrogens is 282 g/mol. The molecule has 0 spiro atoms. The third-order valence-electron chi connectivity index (χ3n) is 3.84. The normalized spacial score (nSPS) is 11.2. The number of aromatic nitrogens is 1. The number of para-hydroxylation sites is 1. The van der Waals surface area contributed by atoms with Gasteiger partial charge in [-0.1, -0.05) is 48.0 Å². The van der Waals surface area contributed by atoms with E-state index in [0.717, 1.165) is 27.6 Å². The fraction of sp³-hybridized carbons (Fsp3) is 0.100. The third-order valence-corrected chi connectivity index (χ3v) is 3.84. The molecule has 0 saturated carbocycles. The maximum atomic E-state index is 9.51. The second-order valence-corrected chi connectivity index (χ2v) is 5.42. The highest BCUT2D eigenvalue weighted by molar-refractivity contribution is 5.98. The van der Waals surface area contributed by atoms with Crippen LogP contribution in [-0.2, 0) is 6.54 Å². The molecule has 0 amide bonds. The Labute approximate surface area is 135 Å². The number of hydrogen-bond donors (Lipinski definition) is 0. The second-order valence-electron chi connectivity index (χ2n) is 5.42. The summed E-state index contributed by atoms with van der Waals surface area (Å²) in [5, 5.41) is 19.5. The van der Waals surface area contributed by atoms with E-state index >= 15 is 0 Å². The Kier molecular flexibility index (Phi) is 3.95. The van der Waals surface area contributed by atoms with Crippen molar-refractivity contribution < 1.29 is 0 Å². The van der Waals surface area contributed by atoms with Crippen molar-refractivity contribution in [2.24, 2.45) is 0 Å². The van der Waals surface area contributed by atoms with Crippen molar-refractivity contribution >= 4 is 22.6 Å². The maximum absolute atomic E-state index is 9.51. The first-order valence-electron chi connectivity index (χ1n) is 7.36.